The molecule has 0 bridgehead atoms. The summed E-state index contributed by atoms with van der Waals surface area (Å²) in [6.45, 7) is 6.08. The van der Waals surface area contributed by atoms with Crippen molar-refractivity contribution in [3.63, 3.8) is 0 Å². The van der Waals surface area contributed by atoms with Crippen LogP contribution in [-0.2, 0) is 24.7 Å². The second-order valence-corrected chi connectivity index (χ2v) is 8.36. The molecule has 0 aromatic heterocycles. The van der Waals surface area contributed by atoms with Gasteiger partial charge in [0.2, 0.25) is 17.7 Å². The van der Waals surface area contributed by atoms with Crippen LogP contribution in [0.25, 0.3) is 0 Å². The molecule has 0 saturated carbocycles. The van der Waals surface area contributed by atoms with Gasteiger partial charge in [-0.1, -0.05) is 17.7 Å². The standard InChI is InChI=1S/C21H27N3O5/c1-10-8-11(2)16-13(9-10)21(20(28)22-16)15-14(17(23-21)12(3)25)18(26)24(19(15)27)6-5-7-29-4/h8-9,12,14-15,17,23,25H,5-7H2,1-4H3,(H,22,28)/t12-,14+,15+,17-,21+/m1/s1. The predicted octanol–water partition coefficient (Wildman–Crippen LogP) is 0.441. The molecular weight excluding hydrogens is 374 g/mol. The number of carbonyl (C=O) groups is 3. The zero-order chi connectivity index (χ0) is 21.1. The number of hydrogen-bond acceptors (Lipinski definition) is 6. The van der Waals surface area contributed by atoms with Gasteiger partial charge in [-0.25, -0.2) is 0 Å². The second-order valence-electron chi connectivity index (χ2n) is 8.36. The maximum atomic E-state index is 13.4. The second kappa shape index (κ2) is 6.90. The fourth-order valence-corrected chi connectivity index (χ4v) is 5.25. The van der Waals surface area contributed by atoms with Crippen LogP contribution in [0.4, 0.5) is 5.69 Å². The van der Waals surface area contributed by atoms with Crippen LogP contribution in [0.3, 0.4) is 0 Å². The Labute approximate surface area is 169 Å². The summed E-state index contributed by atoms with van der Waals surface area (Å²) in [6.07, 6.45) is -0.380. The lowest BCUT2D eigenvalue weighted by Gasteiger charge is -2.30. The molecule has 156 valence electrons. The van der Waals surface area contributed by atoms with Crippen molar-refractivity contribution in [3.05, 3.63) is 28.8 Å². The number of ether oxygens (including phenoxy) is 1. The van der Waals surface area contributed by atoms with E-state index in [2.05, 4.69) is 10.6 Å². The number of nitrogens with zero attached hydrogens (tertiary/aromatic N) is 1. The molecule has 8 nitrogen and oxygen atoms in total. The smallest absolute Gasteiger partial charge is 0.250 e. The molecule has 2 fully saturated rings. The van der Waals surface area contributed by atoms with Crippen LogP contribution in [0.5, 0.6) is 0 Å². The molecule has 29 heavy (non-hydrogen) atoms. The first kappa shape index (κ1) is 20.0. The van der Waals surface area contributed by atoms with Gasteiger partial charge in [0.25, 0.3) is 0 Å². The van der Waals surface area contributed by atoms with Crippen molar-refractivity contribution in [2.24, 2.45) is 11.8 Å². The quantitative estimate of drug-likeness (QED) is 0.488. The molecule has 0 radical (unpaired) electrons. The third kappa shape index (κ3) is 2.66. The van der Waals surface area contributed by atoms with Gasteiger partial charge in [-0.05, 0) is 32.8 Å². The summed E-state index contributed by atoms with van der Waals surface area (Å²) in [5, 5.41) is 16.5. The summed E-state index contributed by atoms with van der Waals surface area (Å²) in [5.41, 5.74) is 1.86. The van der Waals surface area contributed by atoms with E-state index in [9.17, 15) is 19.5 Å². The zero-order valence-electron chi connectivity index (χ0n) is 17.1. The fourth-order valence-electron chi connectivity index (χ4n) is 5.25. The Balaban J connectivity index is 1.84. The number of amides is 3. The summed E-state index contributed by atoms with van der Waals surface area (Å²) in [4.78, 5) is 41.1. The highest BCUT2D eigenvalue weighted by Crippen LogP contribution is 2.54. The Hall–Kier alpha value is -2.29. The molecule has 0 aliphatic carbocycles. The van der Waals surface area contributed by atoms with Crippen molar-refractivity contribution < 1.29 is 24.2 Å². The largest absolute Gasteiger partial charge is 0.392 e. The fraction of sp³-hybridized carbons (Fsp3) is 0.571. The number of hydrogen-bond donors (Lipinski definition) is 3. The lowest BCUT2D eigenvalue weighted by atomic mass is 9.75. The molecule has 5 atom stereocenters. The highest BCUT2D eigenvalue weighted by molar-refractivity contribution is 6.15. The lowest BCUT2D eigenvalue weighted by molar-refractivity contribution is -0.143. The van der Waals surface area contributed by atoms with Crippen molar-refractivity contribution in [3.8, 4) is 0 Å². The first-order valence-corrected chi connectivity index (χ1v) is 9.97. The Bertz CT molecular complexity index is 899. The maximum Gasteiger partial charge on any atom is 0.250 e. The molecule has 4 rings (SSSR count). The molecule has 2 saturated heterocycles. The third-order valence-electron chi connectivity index (χ3n) is 6.44. The molecule has 3 heterocycles. The van der Waals surface area contributed by atoms with Crippen LogP contribution in [-0.4, -0.2) is 60.1 Å². The van der Waals surface area contributed by atoms with Crippen molar-refractivity contribution in [1.82, 2.24) is 10.2 Å². The van der Waals surface area contributed by atoms with E-state index < -0.39 is 29.5 Å². The average molecular weight is 401 g/mol. The summed E-state index contributed by atoms with van der Waals surface area (Å²) in [5.74, 6) is -2.73. The third-order valence-corrected chi connectivity index (χ3v) is 6.44. The van der Waals surface area contributed by atoms with E-state index in [-0.39, 0.29) is 24.3 Å². The number of aliphatic hydroxyl groups is 1. The molecule has 3 N–H and O–H groups in total. The van der Waals surface area contributed by atoms with Gasteiger partial charge in [-0.15, -0.1) is 0 Å². The summed E-state index contributed by atoms with van der Waals surface area (Å²) < 4.78 is 5.04. The number of fused-ring (bicyclic) bond motifs is 4. The number of carbonyl (C=O) groups excluding carboxylic acids is 3. The van der Waals surface area contributed by atoms with Gasteiger partial charge in [0.15, 0.2) is 0 Å². The molecule has 0 unspecified atom stereocenters. The Kier molecular flexibility index (Phi) is 4.76. The highest BCUT2D eigenvalue weighted by Gasteiger charge is 2.71. The number of anilines is 1. The lowest BCUT2D eigenvalue weighted by Crippen LogP contribution is -2.54. The number of benzene rings is 1. The van der Waals surface area contributed by atoms with Crippen molar-refractivity contribution in [1.29, 1.82) is 0 Å². The van der Waals surface area contributed by atoms with Gasteiger partial charge >= 0.3 is 0 Å². The van der Waals surface area contributed by atoms with Crippen molar-refractivity contribution in [2.45, 2.75) is 44.9 Å². The number of imide groups is 1. The molecule has 3 amide bonds. The van der Waals surface area contributed by atoms with E-state index in [0.717, 1.165) is 11.1 Å². The van der Waals surface area contributed by atoms with Crippen molar-refractivity contribution in [2.75, 3.05) is 25.6 Å². The van der Waals surface area contributed by atoms with E-state index in [4.69, 9.17) is 4.74 Å². The number of aliphatic hydroxyl groups excluding tert-OH is 1. The maximum absolute atomic E-state index is 13.4. The van der Waals surface area contributed by atoms with E-state index in [1.807, 2.05) is 26.0 Å². The van der Waals surface area contributed by atoms with Crippen LogP contribution in [0.2, 0.25) is 0 Å². The van der Waals surface area contributed by atoms with Crippen LogP contribution in [0, 0.1) is 25.7 Å². The summed E-state index contributed by atoms with van der Waals surface area (Å²) >= 11 is 0. The number of likely N-dealkylation sites (tertiary alicyclic amines) is 1. The van der Waals surface area contributed by atoms with Crippen LogP contribution < -0.4 is 10.6 Å². The first-order chi connectivity index (χ1) is 13.7. The Morgan fingerprint density at radius 1 is 1.24 bits per heavy atom. The van der Waals surface area contributed by atoms with Gasteiger partial charge in [0.05, 0.1) is 17.9 Å². The molecular formula is C21H27N3O5. The minimum atomic E-state index is -1.36. The minimum absolute atomic E-state index is 0.239. The zero-order valence-corrected chi connectivity index (χ0v) is 17.1. The van der Waals surface area contributed by atoms with Crippen LogP contribution in [0.15, 0.2) is 12.1 Å². The van der Waals surface area contributed by atoms with Gasteiger partial charge in [-0.3, -0.25) is 24.6 Å². The van der Waals surface area contributed by atoms with Crippen LogP contribution >= 0.6 is 0 Å². The molecule has 3 aliphatic rings. The van der Waals surface area contributed by atoms with E-state index in [1.165, 1.54) is 4.90 Å². The number of nitrogens with one attached hydrogen (secondary N) is 2. The molecule has 8 heteroatoms. The highest BCUT2D eigenvalue weighted by atomic mass is 16.5. The normalized spacial score (nSPS) is 31.4. The number of aryl methyl sites for hydroxylation is 2. The van der Waals surface area contributed by atoms with Crippen LogP contribution in [0.1, 0.15) is 30.0 Å². The molecule has 1 aromatic carbocycles. The summed E-state index contributed by atoms with van der Waals surface area (Å²) in [6, 6.07) is 3.16. The summed E-state index contributed by atoms with van der Waals surface area (Å²) in [7, 11) is 1.56. The first-order valence-electron chi connectivity index (χ1n) is 9.97. The van der Waals surface area contributed by atoms with Gasteiger partial charge in [0, 0.05) is 37.6 Å². The van der Waals surface area contributed by atoms with E-state index in [0.29, 0.717) is 24.3 Å². The number of methoxy groups -OCH3 is 1. The van der Waals surface area contributed by atoms with Crippen molar-refractivity contribution >= 4 is 23.4 Å². The van der Waals surface area contributed by atoms with Gasteiger partial charge < -0.3 is 15.2 Å². The van der Waals surface area contributed by atoms with E-state index in [1.54, 1.807) is 14.0 Å². The molecule has 1 spiro atoms. The SMILES string of the molecule is COCCCN1C(=O)[C@@H]2[C@@H]([C@@H](C)O)N[C@]3(C(=O)Nc4c(C)cc(C)cc43)[C@@H]2C1=O. The number of rotatable bonds is 5. The Morgan fingerprint density at radius 3 is 2.62 bits per heavy atom. The van der Waals surface area contributed by atoms with Gasteiger partial charge in [-0.2, -0.15) is 0 Å². The Morgan fingerprint density at radius 2 is 1.97 bits per heavy atom. The van der Waals surface area contributed by atoms with E-state index >= 15 is 0 Å². The molecule has 3 aliphatic heterocycles. The predicted molar refractivity (Wildman–Crippen MR) is 105 cm³/mol. The average Bonchev–Trinajstić information content (AvgIpc) is 3.24. The van der Waals surface area contributed by atoms with Gasteiger partial charge in [0.1, 0.15) is 5.54 Å². The molecule has 1 aromatic rings. The topological polar surface area (TPSA) is 108 Å². The monoisotopic (exact) mass is 401 g/mol. The minimum Gasteiger partial charge on any atom is -0.392 e.